The van der Waals surface area contributed by atoms with Crippen LogP contribution >= 0.6 is 0 Å². The maximum Gasteiger partial charge on any atom is 0.248 e. The zero-order valence-corrected chi connectivity index (χ0v) is 13.8. The van der Waals surface area contributed by atoms with Crippen LogP contribution in [-0.4, -0.2) is 15.5 Å². The van der Waals surface area contributed by atoms with Crippen LogP contribution < -0.4 is 5.73 Å². The van der Waals surface area contributed by atoms with Gasteiger partial charge in [0, 0.05) is 11.6 Å². The second-order valence-corrected chi connectivity index (χ2v) is 6.53. The highest BCUT2D eigenvalue weighted by Gasteiger charge is 2.26. The van der Waals surface area contributed by atoms with Crippen molar-refractivity contribution in [3.05, 3.63) is 53.3 Å². The van der Waals surface area contributed by atoms with Gasteiger partial charge in [0.2, 0.25) is 5.91 Å². The summed E-state index contributed by atoms with van der Waals surface area (Å²) in [5.74, 6) is -4.40. The van der Waals surface area contributed by atoms with Crippen molar-refractivity contribution in [3.8, 4) is 11.4 Å². The predicted molar refractivity (Wildman–Crippen MR) is 91.1 cm³/mol. The molecule has 3 aromatic rings. The summed E-state index contributed by atoms with van der Waals surface area (Å²) < 4.78 is 43.4. The van der Waals surface area contributed by atoms with Crippen molar-refractivity contribution in [2.24, 2.45) is 5.73 Å². The van der Waals surface area contributed by atoms with Crippen molar-refractivity contribution in [1.29, 1.82) is 0 Å². The molecular formula is C19H16F3N3O. The van der Waals surface area contributed by atoms with E-state index < -0.39 is 23.4 Å². The van der Waals surface area contributed by atoms with Crippen molar-refractivity contribution >= 4 is 16.9 Å². The Hall–Kier alpha value is -2.83. The molecule has 2 aromatic carbocycles. The minimum atomic E-state index is -1.52. The molecule has 7 heteroatoms. The zero-order valence-electron chi connectivity index (χ0n) is 13.8. The number of nitrogens with zero attached hydrogens (tertiary/aromatic N) is 2. The third kappa shape index (κ3) is 2.55. The van der Waals surface area contributed by atoms with Crippen LogP contribution in [0.5, 0.6) is 0 Å². The van der Waals surface area contributed by atoms with Crippen LogP contribution in [0.25, 0.3) is 22.4 Å². The van der Waals surface area contributed by atoms with Gasteiger partial charge in [-0.05, 0) is 43.2 Å². The van der Waals surface area contributed by atoms with E-state index in [1.165, 1.54) is 12.1 Å². The predicted octanol–water partition coefficient (Wildman–Crippen LogP) is 4.33. The first-order valence-corrected chi connectivity index (χ1v) is 8.43. The summed E-state index contributed by atoms with van der Waals surface area (Å²) in [7, 11) is 0. The molecule has 0 aliphatic heterocycles. The number of hydrogen-bond donors (Lipinski definition) is 1. The van der Waals surface area contributed by atoms with E-state index in [1.54, 1.807) is 12.1 Å². The summed E-state index contributed by atoms with van der Waals surface area (Å²) in [6.07, 6.45) is 3.84. The van der Waals surface area contributed by atoms with Crippen LogP contribution in [0, 0.1) is 17.5 Å². The molecule has 4 rings (SSSR count). The van der Waals surface area contributed by atoms with E-state index >= 15 is 0 Å². The third-order valence-electron chi connectivity index (χ3n) is 4.94. The normalized spacial score (nSPS) is 15.0. The van der Waals surface area contributed by atoms with E-state index in [0.717, 1.165) is 31.7 Å². The molecule has 1 fully saturated rings. The van der Waals surface area contributed by atoms with E-state index in [4.69, 9.17) is 5.73 Å². The molecule has 1 saturated carbocycles. The lowest BCUT2D eigenvalue weighted by Gasteiger charge is -2.17. The number of rotatable bonds is 3. The number of halogens is 3. The Labute approximate surface area is 147 Å². The van der Waals surface area contributed by atoms with Gasteiger partial charge < -0.3 is 10.3 Å². The Kier molecular flexibility index (Phi) is 3.94. The van der Waals surface area contributed by atoms with E-state index in [-0.39, 0.29) is 23.0 Å². The Morgan fingerprint density at radius 3 is 2.50 bits per heavy atom. The summed E-state index contributed by atoms with van der Waals surface area (Å²) >= 11 is 0. The molecule has 134 valence electrons. The summed E-state index contributed by atoms with van der Waals surface area (Å²) in [6.45, 7) is 0. The number of carbonyl (C=O) groups excluding carboxylic acids is 1. The van der Waals surface area contributed by atoms with Gasteiger partial charge in [0.05, 0.1) is 16.6 Å². The van der Waals surface area contributed by atoms with Gasteiger partial charge in [0.1, 0.15) is 5.82 Å². The highest BCUT2D eigenvalue weighted by atomic mass is 19.2. The van der Waals surface area contributed by atoms with E-state index in [1.807, 2.05) is 4.57 Å². The molecule has 1 aliphatic rings. The van der Waals surface area contributed by atoms with Crippen molar-refractivity contribution in [2.45, 2.75) is 31.7 Å². The first-order chi connectivity index (χ1) is 12.5. The molecule has 1 aromatic heterocycles. The second kappa shape index (κ2) is 6.16. The second-order valence-electron chi connectivity index (χ2n) is 6.53. The molecular weight excluding hydrogens is 343 g/mol. The number of primary amides is 1. The molecule has 0 saturated heterocycles. The Morgan fingerprint density at radius 2 is 1.81 bits per heavy atom. The molecule has 0 bridgehead atoms. The molecule has 1 aliphatic carbocycles. The average Bonchev–Trinajstić information content (AvgIpc) is 3.26. The van der Waals surface area contributed by atoms with Gasteiger partial charge in [0.15, 0.2) is 17.5 Å². The molecule has 0 spiro atoms. The number of amides is 1. The number of carbonyl (C=O) groups is 1. The van der Waals surface area contributed by atoms with Crippen molar-refractivity contribution in [3.63, 3.8) is 0 Å². The van der Waals surface area contributed by atoms with Crippen LogP contribution in [0.15, 0.2) is 30.3 Å². The highest BCUT2D eigenvalue weighted by Crippen LogP contribution is 2.38. The van der Waals surface area contributed by atoms with Crippen LogP contribution in [0.1, 0.15) is 42.1 Å². The lowest BCUT2D eigenvalue weighted by Crippen LogP contribution is -2.11. The van der Waals surface area contributed by atoms with E-state index in [0.29, 0.717) is 11.0 Å². The first kappa shape index (κ1) is 16.6. The largest absolute Gasteiger partial charge is 0.366 e. The van der Waals surface area contributed by atoms with Gasteiger partial charge in [-0.25, -0.2) is 18.2 Å². The maximum atomic E-state index is 14.4. The van der Waals surface area contributed by atoms with E-state index in [9.17, 15) is 18.0 Å². The SMILES string of the molecule is NC(=O)c1ccc2c(c1)nc(-c1ccc(F)c(F)c1F)n2C1CCCC1. The minimum absolute atomic E-state index is 0.0851. The van der Waals surface area contributed by atoms with Crippen molar-refractivity contribution in [1.82, 2.24) is 9.55 Å². The fourth-order valence-electron chi connectivity index (χ4n) is 3.67. The molecule has 0 unspecified atom stereocenters. The summed E-state index contributed by atoms with van der Waals surface area (Å²) in [6, 6.07) is 6.99. The van der Waals surface area contributed by atoms with Gasteiger partial charge in [-0.1, -0.05) is 12.8 Å². The van der Waals surface area contributed by atoms with Gasteiger partial charge in [-0.15, -0.1) is 0 Å². The standard InChI is InChI=1S/C19H16F3N3O/c20-13-7-6-12(16(21)17(13)22)19-24-14-9-10(18(23)26)5-8-15(14)25(19)11-3-1-2-4-11/h5-9,11H,1-4H2,(H2,23,26). The average molecular weight is 359 g/mol. The molecule has 4 nitrogen and oxygen atoms in total. The summed E-state index contributed by atoms with van der Waals surface area (Å²) in [4.78, 5) is 15.9. The van der Waals surface area contributed by atoms with Crippen LogP contribution in [0.2, 0.25) is 0 Å². The number of benzene rings is 2. The maximum absolute atomic E-state index is 14.4. The Bertz CT molecular complexity index is 1020. The lowest BCUT2D eigenvalue weighted by molar-refractivity contribution is 0.100. The fourth-order valence-corrected chi connectivity index (χ4v) is 3.67. The number of hydrogen-bond acceptors (Lipinski definition) is 2. The van der Waals surface area contributed by atoms with Crippen molar-refractivity contribution < 1.29 is 18.0 Å². The third-order valence-corrected chi connectivity index (χ3v) is 4.94. The van der Waals surface area contributed by atoms with Crippen LogP contribution in [0.4, 0.5) is 13.2 Å². The Morgan fingerprint density at radius 1 is 1.08 bits per heavy atom. The number of fused-ring (bicyclic) bond motifs is 1. The van der Waals surface area contributed by atoms with Crippen LogP contribution in [0.3, 0.4) is 0 Å². The molecule has 1 heterocycles. The topological polar surface area (TPSA) is 60.9 Å². The Balaban J connectivity index is 1.99. The van der Waals surface area contributed by atoms with Gasteiger partial charge >= 0.3 is 0 Å². The fraction of sp³-hybridized carbons (Fsp3) is 0.263. The smallest absolute Gasteiger partial charge is 0.248 e. The molecule has 0 radical (unpaired) electrons. The monoisotopic (exact) mass is 359 g/mol. The minimum Gasteiger partial charge on any atom is -0.366 e. The number of imidazole rings is 1. The quantitative estimate of drug-likeness (QED) is 0.708. The van der Waals surface area contributed by atoms with Crippen LogP contribution in [-0.2, 0) is 0 Å². The van der Waals surface area contributed by atoms with E-state index in [2.05, 4.69) is 4.98 Å². The van der Waals surface area contributed by atoms with Gasteiger partial charge in [-0.2, -0.15) is 0 Å². The zero-order chi connectivity index (χ0) is 18.4. The first-order valence-electron chi connectivity index (χ1n) is 8.43. The summed E-state index contributed by atoms with van der Waals surface area (Å²) in [5, 5.41) is 0. The van der Waals surface area contributed by atoms with Gasteiger partial charge in [-0.3, -0.25) is 4.79 Å². The molecule has 1 amide bonds. The number of aromatic nitrogens is 2. The lowest BCUT2D eigenvalue weighted by atomic mass is 10.1. The van der Waals surface area contributed by atoms with Crippen molar-refractivity contribution in [2.75, 3.05) is 0 Å². The summed E-state index contributed by atoms with van der Waals surface area (Å²) in [5.41, 5.74) is 6.67. The molecule has 2 N–H and O–H groups in total. The number of nitrogens with two attached hydrogens (primary N) is 1. The molecule has 26 heavy (non-hydrogen) atoms. The molecule has 0 atom stereocenters. The van der Waals surface area contributed by atoms with Gasteiger partial charge in [0.25, 0.3) is 0 Å². The highest BCUT2D eigenvalue weighted by molar-refractivity contribution is 5.96.